The number of quaternary nitrogens is 2. The number of carbonyl (C=O) groups is 1. The Morgan fingerprint density at radius 2 is 1.53 bits per heavy atom. The Morgan fingerprint density at radius 3 is 2.23 bits per heavy atom. The van der Waals surface area contributed by atoms with Crippen LogP contribution in [0.25, 0.3) is 0 Å². The van der Waals surface area contributed by atoms with E-state index in [-0.39, 0.29) is 5.92 Å². The molecule has 4 rings (SSSR count). The molecule has 2 heterocycles. The molecule has 0 saturated carbocycles. The minimum Gasteiger partial charge on any atom is -0.496 e. The number of ether oxygens (including phenoxy) is 1. The lowest BCUT2D eigenvalue weighted by Gasteiger charge is -2.36. The van der Waals surface area contributed by atoms with Crippen molar-refractivity contribution in [3.8, 4) is 5.75 Å². The number of benzene rings is 2. The fraction of sp³-hybridized carbons (Fsp3) is 0.480. The highest BCUT2D eigenvalue weighted by molar-refractivity contribution is 5.79. The zero-order valence-corrected chi connectivity index (χ0v) is 18.1. The molecule has 2 aromatic rings. The Morgan fingerprint density at radius 1 is 0.900 bits per heavy atom. The van der Waals surface area contributed by atoms with E-state index in [4.69, 9.17) is 4.74 Å². The molecule has 0 atom stereocenters. The summed E-state index contributed by atoms with van der Waals surface area (Å²) >= 11 is 0. The lowest BCUT2D eigenvalue weighted by molar-refractivity contribution is -0.919. The molecule has 0 aromatic heterocycles. The summed E-state index contributed by atoms with van der Waals surface area (Å²) in [5.74, 6) is 1.58. The van der Waals surface area contributed by atoms with Crippen LogP contribution in [0.5, 0.6) is 5.75 Å². The van der Waals surface area contributed by atoms with Crippen molar-refractivity contribution < 1.29 is 19.3 Å². The average molecular weight is 410 g/mol. The molecule has 2 saturated heterocycles. The lowest BCUT2D eigenvalue weighted by atomic mass is 9.94. The van der Waals surface area contributed by atoms with E-state index in [1.807, 2.05) is 12.1 Å². The zero-order chi connectivity index (χ0) is 20.8. The quantitative estimate of drug-likeness (QED) is 0.726. The number of nitrogens with zero attached hydrogens (tertiary/aromatic N) is 1. The number of piperazine rings is 1. The molecule has 2 aliphatic heterocycles. The van der Waals surface area contributed by atoms with Crippen LogP contribution in [0.3, 0.4) is 0 Å². The standard InChI is InChI=1S/C25H33N3O2/c1-30-24-10-6-5-9-23(24)20-26-13-11-22(12-14-26)25(29)28-17-15-27(16-18-28)19-21-7-3-2-4-8-21/h2-10,22H,11-20H2,1H3/p+2. The van der Waals surface area contributed by atoms with Crippen LogP contribution < -0.4 is 14.5 Å². The molecule has 160 valence electrons. The molecule has 5 heteroatoms. The second-order valence-electron chi connectivity index (χ2n) is 8.75. The molecule has 2 fully saturated rings. The third-order valence-electron chi connectivity index (χ3n) is 6.75. The van der Waals surface area contributed by atoms with Crippen LogP contribution in [0.2, 0.25) is 0 Å². The van der Waals surface area contributed by atoms with Crippen molar-refractivity contribution in [3.05, 3.63) is 65.7 Å². The summed E-state index contributed by atoms with van der Waals surface area (Å²) < 4.78 is 5.50. The van der Waals surface area contributed by atoms with Gasteiger partial charge in [0.05, 0.1) is 46.4 Å². The predicted molar refractivity (Wildman–Crippen MR) is 118 cm³/mol. The number of amides is 1. The van der Waals surface area contributed by atoms with Crippen molar-refractivity contribution in [3.63, 3.8) is 0 Å². The first-order valence-corrected chi connectivity index (χ1v) is 11.3. The molecule has 1 amide bonds. The molecular weight excluding hydrogens is 374 g/mol. The van der Waals surface area contributed by atoms with Crippen molar-refractivity contribution in [1.82, 2.24) is 4.90 Å². The minimum absolute atomic E-state index is 0.210. The van der Waals surface area contributed by atoms with Crippen molar-refractivity contribution >= 4 is 5.91 Å². The highest BCUT2D eigenvalue weighted by Crippen LogP contribution is 2.18. The molecule has 0 unspecified atom stereocenters. The maximum atomic E-state index is 13.1. The van der Waals surface area contributed by atoms with E-state index >= 15 is 0 Å². The normalized spacial score (nSPS) is 22.6. The smallest absolute Gasteiger partial charge is 0.226 e. The van der Waals surface area contributed by atoms with Gasteiger partial charge in [-0.3, -0.25) is 4.79 Å². The molecule has 2 N–H and O–H groups in total. The van der Waals surface area contributed by atoms with Crippen LogP contribution in [0.4, 0.5) is 0 Å². The van der Waals surface area contributed by atoms with Gasteiger partial charge in [-0.15, -0.1) is 0 Å². The molecule has 2 aromatic carbocycles. The number of para-hydroxylation sites is 1. The lowest BCUT2D eigenvalue weighted by Crippen LogP contribution is -3.13. The van der Waals surface area contributed by atoms with Gasteiger partial charge in [-0.25, -0.2) is 0 Å². The van der Waals surface area contributed by atoms with Crippen molar-refractivity contribution in [2.75, 3.05) is 46.4 Å². The van der Waals surface area contributed by atoms with Gasteiger partial charge >= 0.3 is 0 Å². The first kappa shape index (κ1) is 20.9. The Labute approximate surface area is 180 Å². The Kier molecular flexibility index (Phi) is 7.03. The number of hydrogen-bond donors (Lipinski definition) is 2. The zero-order valence-electron chi connectivity index (χ0n) is 18.1. The van der Waals surface area contributed by atoms with Gasteiger partial charge in [0.2, 0.25) is 5.91 Å². The van der Waals surface area contributed by atoms with Gasteiger partial charge in [-0.2, -0.15) is 0 Å². The Balaban J connectivity index is 1.22. The third-order valence-corrected chi connectivity index (χ3v) is 6.75. The Hall–Kier alpha value is -2.37. The second kappa shape index (κ2) is 10.1. The summed E-state index contributed by atoms with van der Waals surface area (Å²) in [5, 5.41) is 0. The van der Waals surface area contributed by atoms with Crippen LogP contribution in [-0.4, -0.2) is 57.2 Å². The van der Waals surface area contributed by atoms with Gasteiger partial charge in [-0.05, 0) is 12.1 Å². The number of likely N-dealkylation sites (tertiary alicyclic amines) is 1. The van der Waals surface area contributed by atoms with Gasteiger partial charge in [0.15, 0.2) is 0 Å². The number of piperidine rings is 1. The number of rotatable bonds is 6. The Bertz CT molecular complexity index is 810. The molecule has 30 heavy (non-hydrogen) atoms. The van der Waals surface area contributed by atoms with Crippen molar-refractivity contribution in [2.45, 2.75) is 25.9 Å². The van der Waals surface area contributed by atoms with Gasteiger partial charge in [0, 0.05) is 29.9 Å². The summed E-state index contributed by atoms with van der Waals surface area (Å²) in [7, 11) is 1.74. The van der Waals surface area contributed by atoms with Crippen LogP contribution in [0.1, 0.15) is 24.0 Å². The second-order valence-corrected chi connectivity index (χ2v) is 8.75. The summed E-state index contributed by atoms with van der Waals surface area (Å²) in [6.07, 6.45) is 2.00. The van der Waals surface area contributed by atoms with E-state index in [0.717, 1.165) is 70.9 Å². The number of nitrogens with one attached hydrogen (secondary N) is 2. The maximum Gasteiger partial charge on any atom is 0.226 e. The summed E-state index contributed by atoms with van der Waals surface area (Å²) in [4.78, 5) is 18.3. The highest BCUT2D eigenvalue weighted by Gasteiger charge is 2.33. The van der Waals surface area contributed by atoms with Crippen molar-refractivity contribution in [1.29, 1.82) is 0 Å². The van der Waals surface area contributed by atoms with Gasteiger partial charge in [0.1, 0.15) is 18.8 Å². The summed E-state index contributed by atoms with van der Waals surface area (Å²) in [6.45, 7) is 8.07. The van der Waals surface area contributed by atoms with Crippen molar-refractivity contribution in [2.24, 2.45) is 5.92 Å². The molecule has 5 nitrogen and oxygen atoms in total. The summed E-state index contributed by atoms with van der Waals surface area (Å²) in [6, 6.07) is 19.0. The van der Waals surface area contributed by atoms with Crippen LogP contribution in [0, 0.1) is 5.92 Å². The number of carbonyl (C=O) groups excluding carboxylic acids is 1. The predicted octanol–water partition coefficient (Wildman–Crippen LogP) is 0.417. The molecular formula is C25H35N3O2+2. The average Bonchev–Trinajstić information content (AvgIpc) is 2.81. The third kappa shape index (κ3) is 5.21. The van der Waals surface area contributed by atoms with Crippen LogP contribution >= 0.6 is 0 Å². The molecule has 0 bridgehead atoms. The molecule has 0 aliphatic carbocycles. The fourth-order valence-corrected chi connectivity index (χ4v) is 4.93. The largest absolute Gasteiger partial charge is 0.496 e. The molecule has 0 spiro atoms. The monoisotopic (exact) mass is 409 g/mol. The van der Waals surface area contributed by atoms with E-state index in [0.29, 0.717) is 5.91 Å². The summed E-state index contributed by atoms with van der Waals surface area (Å²) in [5.41, 5.74) is 2.65. The number of hydrogen-bond acceptors (Lipinski definition) is 2. The van der Waals surface area contributed by atoms with E-state index in [9.17, 15) is 4.79 Å². The van der Waals surface area contributed by atoms with Crippen LogP contribution in [0.15, 0.2) is 54.6 Å². The van der Waals surface area contributed by atoms with Crippen LogP contribution in [-0.2, 0) is 17.9 Å². The highest BCUT2D eigenvalue weighted by atomic mass is 16.5. The number of methoxy groups -OCH3 is 1. The first-order valence-electron chi connectivity index (χ1n) is 11.3. The van der Waals surface area contributed by atoms with E-state index in [1.54, 1.807) is 16.9 Å². The first-order chi connectivity index (χ1) is 14.7. The van der Waals surface area contributed by atoms with Gasteiger partial charge in [-0.1, -0.05) is 42.5 Å². The minimum atomic E-state index is 0.210. The topological polar surface area (TPSA) is 38.4 Å². The van der Waals surface area contributed by atoms with E-state index in [2.05, 4.69) is 47.4 Å². The molecule has 2 aliphatic rings. The maximum absolute atomic E-state index is 13.1. The fourth-order valence-electron chi connectivity index (χ4n) is 4.93. The SMILES string of the molecule is COc1ccccc1C[NH+]1CCC(C(=O)N2CC[NH+](Cc3ccccc3)CC2)CC1. The van der Waals surface area contributed by atoms with Gasteiger partial charge < -0.3 is 19.4 Å². The molecule has 0 radical (unpaired) electrons. The van der Waals surface area contributed by atoms with Gasteiger partial charge in [0.25, 0.3) is 0 Å². The van der Waals surface area contributed by atoms with E-state index in [1.165, 1.54) is 11.1 Å². The van der Waals surface area contributed by atoms with E-state index < -0.39 is 0 Å².